The van der Waals surface area contributed by atoms with Crippen LogP contribution in [0.15, 0.2) is 18.2 Å². The van der Waals surface area contributed by atoms with Crippen LogP contribution in [0.4, 0.5) is 4.39 Å². The van der Waals surface area contributed by atoms with E-state index in [1.807, 2.05) is 0 Å². The Morgan fingerprint density at radius 1 is 1.47 bits per heavy atom. The number of benzene rings is 1. The Morgan fingerprint density at radius 3 is 3.00 bits per heavy atom. The van der Waals surface area contributed by atoms with E-state index in [1.54, 1.807) is 12.1 Å². The number of likely N-dealkylation sites (N-methyl/N-ethyl adjacent to an activating group) is 1. The second-order valence-electron chi connectivity index (χ2n) is 5.17. The highest BCUT2D eigenvalue weighted by Gasteiger charge is 2.25. The Morgan fingerprint density at radius 2 is 2.32 bits per heavy atom. The molecule has 0 spiro atoms. The minimum Gasteiger partial charge on any atom is -0.323 e. The molecule has 2 aromatic rings. The van der Waals surface area contributed by atoms with Gasteiger partial charge in [-0.2, -0.15) is 0 Å². The Labute approximate surface area is 117 Å². The molecule has 3 rings (SSSR count). The molecular formula is C14H17ClFN3. The van der Waals surface area contributed by atoms with E-state index in [9.17, 15) is 4.39 Å². The molecule has 1 saturated heterocycles. The van der Waals surface area contributed by atoms with Crippen molar-refractivity contribution in [1.82, 2.24) is 14.5 Å². The van der Waals surface area contributed by atoms with Gasteiger partial charge in [-0.25, -0.2) is 9.37 Å². The summed E-state index contributed by atoms with van der Waals surface area (Å²) in [6, 6.07) is 5.16. The molecule has 1 fully saturated rings. The van der Waals surface area contributed by atoms with Crippen LogP contribution in [0.25, 0.3) is 11.0 Å². The molecule has 0 N–H and O–H groups in total. The second-order valence-corrected chi connectivity index (χ2v) is 5.55. The number of halogens is 2. The molecule has 1 aliphatic heterocycles. The summed E-state index contributed by atoms with van der Waals surface area (Å²) in [7, 11) is 2.11. The summed E-state index contributed by atoms with van der Waals surface area (Å²) in [5, 5.41) is 0. The molecule has 3 nitrogen and oxygen atoms in total. The van der Waals surface area contributed by atoms with Gasteiger partial charge in [0.05, 0.1) is 11.0 Å². The fourth-order valence-electron chi connectivity index (χ4n) is 2.91. The predicted molar refractivity (Wildman–Crippen MR) is 75.3 cm³/mol. The fourth-order valence-corrected chi connectivity index (χ4v) is 3.08. The number of aryl methyl sites for hydroxylation is 1. The molecule has 0 saturated carbocycles. The Balaban J connectivity index is 2.12. The normalized spacial score (nSPS) is 20.5. The molecule has 2 heterocycles. The van der Waals surface area contributed by atoms with Crippen molar-refractivity contribution in [2.75, 3.05) is 26.0 Å². The first-order valence-corrected chi connectivity index (χ1v) is 7.13. The second kappa shape index (κ2) is 5.10. The van der Waals surface area contributed by atoms with Crippen LogP contribution in [-0.4, -0.2) is 40.5 Å². The van der Waals surface area contributed by atoms with Gasteiger partial charge in [0, 0.05) is 24.9 Å². The number of hydrogen-bond acceptors (Lipinski definition) is 2. The van der Waals surface area contributed by atoms with Crippen LogP contribution in [0.3, 0.4) is 0 Å². The molecule has 5 heteroatoms. The molecule has 1 aliphatic rings. The van der Waals surface area contributed by atoms with Crippen molar-refractivity contribution in [1.29, 1.82) is 0 Å². The maximum absolute atomic E-state index is 13.5. The lowest BCUT2D eigenvalue weighted by Crippen LogP contribution is -2.18. The van der Waals surface area contributed by atoms with E-state index < -0.39 is 0 Å². The predicted octanol–water partition coefficient (Wildman–Crippen LogP) is 2.83. The summed E-state index contributed by atoms with van der Waals surface area (Å²) < 4.78 is 15.7. The Bertz CT molecular complexity index is 596. The van der Waals surface area contributed by atoms with E-state index in [1.165, 1.54) is 6.07 Å². The summed E-state index contributed by atoms with van der Waals surface area (Å²) in [5.74, 6) is 1.29. The van der Waals surface area contributed by atoms with Crippen molar-refractivity contribution in [3.05, 3.63) is 29.8 Å². The molecule has 0 aliphatic carbocycles. The van der Waals surface area contributed by atoms with Crippen LogP contribution < -0.4 is 0 Å². The van der Waals surface area contributed by atoms with E-state index in [0.717, 1.165) is 42.8 Å². The summed E-state index contributed by atoms with van der Waals surface area (Å²) in [4.78, 5) is 6.90. The SMILES string of the molecule is CN1CCC(n2c(CCCl)nc3ccc(F)cc32)C1. The highest BCUT2D eigenvalue weighted by molar-refractivity contribution is 6.17. The smallest absolute Gasteiger partial charge is 0.125 e. The van der Waals surface area contributed by atoms with Crippen LogP contribution in [-0.2, 0) is 6.42 Å². The van der Waals surface area contributed by atoms with E-state index in [-0.39, 0.29) is 5.82 Å². The molecule has 1 unspecified atom stereocenters. The Hall–Kier alpha value is -1.13. The fraction of sp³-hybridized carbons (Fsp3) is 0.500. The first kappa shape index (κ1) is 12.9. The molecule has 102 valence electrons. The number of aromatic nitrogens is 2. The topological polar surface area (TPSA) is 21.1 Å². The van der Waals surface area contributed by atoms with Gasteiger partial charge < -0.3 is 9.47 Å². The molecular weight excluding hydrogens is 265 g/mol. The lowest BCUT2D eigenvalue weighted by atomic mass is 10.2. The monoisotopic (exact) mass is 281 g/mol. The standard InChI is InChI=1S/C14H17ClFN3/c1-18-7-5-11(9-18)19-13-8-10(16)2-3-12(13)17-14(19)4-6-15/h2-3,8,11H,4-7,9H2,1H3. The molecule has 1 atom stereocenters. The van der Waals surface area contributed by atoms with Crippen LogP contribution >= 0.6 is 11.6 Å². The number of rotatable bonds is 3. The van der Waals surface area contributed by atoms with Crippen molar-refractivity contribution in [2.45, 2.75) is 18.9 Å². The highest BCUT2D eigenvalue weighted by atomic mass is 35.5. The lowest BCUT2D eigenvalue weighted by Gasteiger charge is -2.16. The maximum Gasteiger partial charge on any atom is 0.125 e. The lowest BCUT2D eigenvalue weighted by molar-refractivity contribution is 0.392. The maximum atomic E-state index is 13.5. The molecule has 1 aromatic carbocycles. The van der Waals surface area contributed by atoms with Crippen LogP contribution in [0.1, 0.15) is 18.3 Å². The minimum absolute atomic E-state index is 0.211. The van der Waals surface area contributed by atoms with E-state index in [2.05, 4.69) is 21.5 Å². The molecule has 19 heavy (non-hydrogen) atoms. The average molecular weight is 282 g/mol. The zero-order valence-corrected chi connectivity index (χ0v) is 11.7. The molecule has 0 amide bonds. The van der Waals surface area contributed by atoms with Crippen LogP contribution in [0.2, 0.25) is 0 Å². The third kappa shape index (κ3) is 2.35. The van der Waals surface area contributed by atoms with Crippen molar-refractivity contribution < 1.29 is 4.39 Å². The van der Waals surface area contributed by atoms with Crippen LogP contribution in [0.5, 0.6) is 0 Å². The van der Waals surface area contributed by atoms with E-state index >= 15 is 0 Å². The summed E-state index contributed by atoms with van der Waals surface area (Å²) in [6.07, 6.45) is 1.80. The quantitative estimate of drug-likeness (QED) is 0.807. The van der Waals surface area contributed by atoms with Gasteiger partial charge in [0.25, 0.3) is 0 Å². The number of fused-ring (bicyclic) bond motifs is 1. The number of hydrogen-bond donors (Lipinski definition) is 0. The molecule has 1 aromatic heterocycles. The van der Waals surface area contributed by atoms with Gasteiger partial charge in [-0.3, -0.25) is 0 Å². The summed E-state index contributed by atoms with van der Waals surface area (Å²) in [5.41, 5.74) is 1.75. The summed E-state index contributed by atoms with van der Waals surface area (Å²) in [6.45, 7) is 2.05. The van der Waals surface area contributed by atoms with Gasteiger partial charge >= 0.3 is 0 Å². The molecule has 0 radical (unpaired) electrons. The first-order chi connectivity index (χ1) is 9.19. The van der Waals surface area contributed by atoms with Crippen molar-refractivity contribution >= 4 is 22.6 Å². The van der Waals surface area contributed by atoms with Gasteiger partial charge in [-0.05, 0) is 38.2 Å². The van der Waals surface area contributed by atoms with Crippen molar-refractivity contribution in [2.24, 2.45) is 0 Å². The van der Waals surface area contributed by atoms with Gasteiger partial charge in [0.1, 0.15) is 11.6 Å². The molecule has 0 bridgehead atoms. The Kier molecular flexibility index (Phi) is 3.46. The first-order valence-electron chi connectivity index (χ1n) is 6.60. The number of alkyl halides is 1. The van der Waals surface area contributed by atoms with Gasteiger partial charge in [0.15, 0.2) is 0 Å². The van der Waals surface area contributed by atoms with Gasteiger partial charge in [-0.15, -0.1) is 11.6 Å². The van der Waals surface area contributed by atoms with Crippen molar-refractivity contribution in [3.8, 4) is 0 Å². The number of nitrogens with zero attached hydrogens (tertiary/aromatic N) is 3. The van der Waals surface area contributed by atoms with E-state index in [4.69, 9.17) is 11.6 Å². The average Bonchev–Trinajstić information content (AvgIpc) is 2.93. The zero-order valence-electron chi connectivity index (χ0n) is 10.9. The number of imidazole rings is 1. The zero-order chi connectivity index (χ0) is 13.4. The van der Waals surface area contributed by atoms with Gasteiger partial charge in [0.2, 0.25) is 0 Å². The third-order valence-electron chi connectivity index (χ3n) is 3.77. The van der Waals surface area contributed by atoms with Crippen LogP contribution in [0, 0.1) is 5.82 Å². The summed E-state index contributed by atoms with van der Waals surface area (Å²) >= 11 is 5.86. The van der Waals surface area contributed by atoms with Gasteiger partial charge in [-0.1, -0.05) is 0 Å². The van der Waals surface area contributed by atoms with E-state index in [0.29, 0.717) is 11.9 Å². The highest BCUT2D eigenvalue weighted by Crippen LogP contribution is 2.28. The third-order valence-corrected chi connectivity index (χ3v) is 3.96. The number of likely N-dealkylation sites (tertiary alicyclic amines) is 1. The van der Waals surface area contributed by atoms with Crippen molar-refractivity contribution in [3.63, 3.8) is 0 Å². The largest absolute Gasteiger partial charge is 0.323 e. The minimum atomic E-state index is -0.211.